The smallest absolute Gasteiger partial charge is 0.423 e. The van der Waals surface area contributed by atoms with Crippen molar-refractivity contribution in [1.82, 2.24) is 0 Å². The standard InChI is InChI=1S/C15H14BIO2/c1-15(2)11-6-4-3-5-9(11)10-7-8-12(16(18)19)14(17)13(10)15/h3-8,18-19H,1-2H3. The normalized spacial score (nSPS) is 15.0. The average Bonchev–Trinajstić information content (AvgIpc) is 2.60. The largest absolute Gasteiger partial charge is 0.489 e. The van der Waals surface area contributed by atoms with Crippen LogP contribution in [0.5, 0.6) is 0 Å². The van der Waals surface area contributed by atoms with E-state index in [9.17, 15) is 10.0 Å². The number of hydrogen-bond donors (Lipinski definition) is 2. The third kappa shape index (κ3) is 1.77. The van der Waals surface area contributed by atoms with Crippen molar-refractivity contribution in [2.75, 3.05) is 0 Å². The summed E-state index contributed by atoms with van der Waals surface area (Å²) in [5.41, 5.74) is 5.43. The Bertz CT molecular complexity index is 665. The third-order valence-corrected chi connectivity index (χ3v) is 5.13. The minimum atomic E-state index is -1.42. The molecule has 0 bridgehead atoms. The highest BCUT2D eigenvalue weighted by Gasteiger charge is 2.38. The lowest BCUT2D eigenvalue weighted by Crippen LogP contribution is -2.34. The SMILES string of the molecule is CC1(C)c2ccccc2-c2ccc(B(O)O)c(I)c21. The minimum Gasteiger partial charge on any atom is -0.423 e. The molecule has 0 saturated carbocycles. The molecule has 4 heteroatoms. The van der Waals surface area contributed by atoms with E-state index in [1.807, 2.05) is 18.2 Å². The number of fused-ring (bicyclic) bond motifs is 3. The molecule has 2 aromatic carbocycles. The van der Waals surface area contributed by atoms with Crippen molar-refractivity contribution >= 4 is 35.2 Å². The van der Waals surface area contributed by atoms with Crippen LogP contribution in [-0.2, 0) is 5.41 Å². The monoisotopic (exact) mass is 364 g/mol. The molecule has 1 aliphatic rings. The zero-order valence-electron chi connectivity index (χ0n) is 10.8. The Morgan fingerprint density at radius 2 is 1.68 bits per heavy atom. The van der Waals surface area contributed by atoms with Gasteiger partial charge in [0.2, 0.25) is 0 Å². The molecule has 0 radical (unpaired) electrons. The quantitative estimate of drug-likeness (QED) is 0.602. The summed E-state index contributed by atoms with van der Waals surface area (Å²) in [4.78, 5) is 0. The van der Waals surface area contributed by atoms with Crippen LogP contribution < -0.4 is 5.46 Å². The van der Waals surface area contributed by atoms with Gasteiger partial charge in [-0.1, -0.05) is 50.2 Å². The molecule has 2 N–H and O–H groups in total. The van der Waals surface area contributed by atoms with Crippen LogP contribution in [-0.4, -0.2) is 17.2 Å². The van der Waals surface area contributed by atoms with E-state index < -0.39 is 7.12 Å². The zero-order valence-corrected chi connectivity index (χ0v) is 13.0. The molecule has 0 heterocycles. The summed E-state index contributed by atoms with van der Waals surface area (Å²) in [6.07, 6.45) is 0. The molecule has 19 heavy (non-hydrogen) atoms. The van der Waals surface area contributed by atoms with Crippen LogP contribution in [0.1, 0.15) is 25.0 Å². The topological polar surface area (TPSA) is 40.5 Å². The van der Waals surface area contributed by atoms with Crippen molar-refractivity contribution in [2.45, 2.75) is 19.3 Å². The second-order valence-electron chi connectivity index (χ2n) is 5.44. The van der Waals surface area contributed by atoms with Crippen LogP contribution in [0.2, 0.25) is 0 Å². The summed E-state index contributed by atoms with van der Waals surface area (Å²) in [7, 11) is -1.42. The van der Waals surface area contributed by atoms with Crippen molar-refractivity contribution in [2.24, 2.45) is 0 Å². The fourth-order valence-corrected chi connectivity index (χ4v) is 4.45. The molecular formula is C15H14BIO2. The van der Waals surface area contributed by atoms with Gasteiger partial charge >= 0.3 is 7.12 Å². The average molecular weight is 364 g/mol. The van der Waals surface area contributed by atoms with Crippen LogP contribution in [0.25, 0.3) is 11.1 Å². The van der Waals surface area contributed by atoms with Gasteiger partial charge in [-0.2, -0.15) is 0 Å². The predicted octanol–water partition coefficient (Wildman–Crippen LogP) is 2.28. The Morgan fingerprint density at radius 1 is 1.00 bits per heavy atom. The summed E-state index contributed by atoms with van der Waals surface area (Å²) in [5, 5.41) is 18.9. The van der Waals surface area contributed by atoms with E-state index in [1.165, 1.54) is 22.3 Å². The van der Waals surface area contributed by atoms with Gasteiger partial charge in [0.1, 0.15) is 0 Å². The first-order valence-corrected chi connectivity index (χ1v) is 7.31. The maximum atomic E-state index is 9.47. The van der Waals surface area contributed by atoms with E-state index in [-0.39, 0.29) is 5.41 Å². The van der Waals surface area contributed by atoms with Gasteiger partial charge in [0.05, 0.1) is 0 Å². The Labute approximate surface area is 126 Å². The van der Waals surface area contributed by atoms with E-state index in [0.29, 0.717) is 5.46 Å². The molecule has 0 unspecified atom stereocenters. The Hall–Kier alpha value is -0.845. The van der Waals surface area contributed by atoms with Gasteiger partial charge in [-0.3, -0.25) is 0 Å². The Balaban J connectivity index is 2.36. The van der Waals surface area contributed by atoms with Crippen molar-refractivity contribution in [3.8, 4) is 11.1 Å². The molecule has 0 atom stereocenters. The van der Waals surface area contributed by atoms with E-state index in [2.05, 4.69) is 54.6 Å². The molecular weight excluding hydrogens is 350 g/mol. The number of halogens is 1. The first kappa shape index (κ1) is 13.2. The van der Waals surface area contributed by atoms with E-state index in [4.69, 9.17) is 0 Å². The van der Waals surface area contributed by atoms with Crippen molar-refractivity contribution in [3.63, 3.8) is 0 Å². The van der Waals surface area contributed by atoms with E-state index >= 15 is 0 Å². The minimum absolute atomic E-state index is 0.104. The molecule has 96 valence electrons. The van der Waals surface area contributed by atoms with Crippen molar-refractivity contribution in [3.05, 3.63) is 51.1 Å². The molecule has 0 aromatic heterocycles. The Morgan fingerprint density at radius 3 is 2.37 bits per heavy atom. The van der Waals surface area contributed by atoms with E-state index in [1.54, 1.807) is 0 Å². The molecule has 2 aromatic rings. The summed E-state index contributed by atoms with van der Waals surface area (Å²) < 4.78 is 0.950. The highest BCUT2D eigenvalue weighted by molar-refractivity contribution is 14.1. The summed E-state index contributed by atoms with van der Waals surface area (Å²) in [6, 6.07) is 12.2. The van der Waals surface area contributed by atoms with Gasteiger partial charge in [-0.15, -0.1) is 0 Å². The maximum Gasteiger partial charge on any atom is 0.489 e. The van der Waals surface area contributed by atoms with Gasteiger partial charge in [0, 0.05) is 8.99 Å². The van der Waals surface area contributed by atoms with Gasteiger partial charge < -0.3 is 10.0 Å². The molecule has 0 aliphatic heterocycles. The fraction of sp³-hybridized carbons (Fsp3) is 0.200. The van der Waals surface area contributed by atoms with Crippen LogP contribution in [0.4, 0.5) is 0 Å². The first-order chi connectivity index (χ1) is 8.94. The van der Waals surface area contributed by atoms with Crippen LogP contribution in [0.3, 0.4) is 0 Å². The number of benzene rings is 2. The van der Waals surface area contributed by atoms with Crippen molar-refractivity contribution in [1.29, 1.82) is 0 Å². The number of hydrogen-bond acceptors (Lipinski definition) is 2. The highest BCUT2D eigenvalue weighted by Crippen LogP contribution is 2.49. The molecule has 2 nitrogen and oxygen atoms in total. The lowest BCUT2D eigenvalue weighted by Gasteiger charge is -2.23. The van der Waals surface area contributed by atoms with Gasteiger partial charge in [-0.25, -0.2) is 0 Å². The van der Waals surface area contributed by atoms with Gasteiger partial charge in [-0.05, 0) is 50.3 Å². The van der Waals surface area contributed by atoms with Crippen molar-refractivity contribution < 1.29 is 10.0 Å². The second kappa shape index (κ2) is 4.33. The lowest BCUT2D eigenvalue weighted by atomic mass is 9.75. The lowest BCUT2D eigenvalue weighted by molar-refractivity contribution is 0.425. The fourth-order valence-electron chi connectivity index (χ4n) is 3.02. The second-order valence-corrected chi connectivity index (χ2v) is 6.51. The molecule has 0 spiro atoms. The van der Waals surface area contributed by atoms with Crippen LogP contribution in [0.15, 0.2) is 36.4 Å². The zero-order chi connectivity index (χ0) is 13.8. The summed E-state index contributed by atoms with van der Waals surface area (Å²) in [5.74, 6) is 0. The first-order valence-electron chi connectivity index (χ1n) is 6.23. The molecule has 1 aliphatic carbocycles. The maximum absolute atomic E-state index is 9.47. The van der Waals surface area contributed by atoms with Crippen LogP contribution in [0, 0.1) is 3.57 Å². The molecule has 0 amide bonds. The molecule has 3 rings (SSSR count). The molecule has 0 fully saturated rings. The van der Waals surface area contributed by atoms with Gasteiger partial charge in [0.15, 0.2) is 0 Å². The Kier molecular flexibility index (Phi) is 3.00. The van der Waals surface area contributed by atoms with Gasteiger partial charge in [0.25, 0.3) is 0 Å². The van der Waals surface area contributed by atoms with E-state index in [0.717, 1.165) is 3.57 Å². The predicted molar refractivity (Wildman–Crippen MR) is 86.5 cm³/mol. The highest BCUT2D eigenvalue weighted by atomic mass is 127. The summed E-state index contributed by atoms with van der Waals surface area (Å²) in [6.45, 7) is 4.38. The molecule has 0 saturated heterocycles. The third-order valence-electron chi connectivity index (χ3n) is 3.97. The summed E-state index contributed by atoms with van der Waals surface area (Å²) >= 11 is 2.23. The van der Waals surface area contributed by atoms with Crippen LogP contribution >= 0.6 is 22.6 Å². The number of rotatable bonds is 1.